The normalized spacial score (nSPS) is 29.9. The molecule has 3 atom stereocenters. The van der Waals surface area contributed by atoms with Crippen molar-refractivity contribution in [3.05, 3.63) is 29.6 Å². The monoisotopic (exact) mass is 245 g/mol. The number of benzene rings is 1. The van der Waals surface area contributed by atoms with Gasteiger partial charge in [0.15, 0.2) is 0 Å². The highest BCUT2D eigenvalue weighted by Crippen LogP contribution is 2.30. The van der Waals surface area contributed by atoms with Gasteiger partial charge >= 0.3 is 0 Å². The molecule has 1 aromatic rings. The second-order valence-electron chi connectivity index (χ2n) is 5.16. The number of hydrogen-bond donors (Lipinski definition) is 1. The summed E-state index contributed by atoms with van der Waals surface area (Å²) in [5, 5.41) is 12.4. The molecular formula is C14H16FN3. The third kappa shape index (κ3) is 1.95. The molecule has 18 heavy (non-hydrogen) atoms. The number of hydrogen-bond acceptors (Lipinski definition) is 3. The largest absolute Gasteiger partial charge is 0.381 e. The van der Waals surface area contributed by atoms with Gasteiger partial charge in [-0.2, -0.15) is 5.26 Å². The van der Waals surface area contributed by atoms with Gasteiger partial charge in [-0.25, -0.2) is 4.39 Å². The van der Waals surface area contributed by atoms with E-state index in [4.69, 9.17) is 5.26 Å². The van der Waals surface area contributed by atoms with Crippen molar-refractivity contribution < 1.29 is 4.39 Å². The number of nitrogens with one attached hydrogen (secondary N) is 1. The summed E-state index contributed by atoms with van der Waals surface area (Å²) in [4.78, 5) is 2.47. The molecule has 2 aliphatic rings. The minimum Gasteiger partial charge on any atom is -0.381 e. The SMILES string of the molecule is N#Cc1c(F)cccc1NC1CCN2CCC1C2. The van der Waals surface area contributed by atoms with Gasteiger partial charge in [-0.05, 0) is 37.4 Å². The summed E-state index contributed by atoms with van der Waals surface area (Å²) in [5.41, 5.74) is 0.778. The lowest BCUT2D eigenvalue weighted by Gasteiger charge is -2.31. The van der Waals surface area contributed by atoms with E-state index in [1.807, 2.05) is 6.07 Å². The van der Waals surface area contributed by atoms with Crippen LogP contribution in [0.3, 0.4) is 0 Å². The van der Waals surface area contributed by atoms with Crippen molar-refractivity contribution in [2.24, 2.45) is 5.92 Å². The molecule has 0 amide bonds. The van der Waals surface area contributed by atoms with Gasteiger partial charge in [0, 0.05) is 19.1 Å². The summed E-state index contributed by atoms with van der Waals surface area (Å²) < 4.78 is 13.5. The Morgan fingerprint density at radius 1 is 1.33 bits per heavy atom. The summed E-state index contributed by atoms with van der Waals surface area (Å²) in [6.45, 7) is 3.41. The van der Waals surface area contributed by atoms with E-state index in [1.54, 1.807) is 12.1 Å². The number of rotatable bonds is 2. The first kappa shape index (κ1) is 11.5. The fourth-order valence-electron chi connectivity index (χ4n) is 3.10. The third-order valence-electron chi connectivity index (χ3n) is 4.10. The quantitative estimate of drug-likeness (QED) is 0.868. The fraction of sp³-hybridized carbons (Fsp3) is 0.500. The first-order valence-corrected chi connectivity index (χ1v) is 6.45. The predicted octanol–water partition coefficient (Wildman–Crippen LogP) is 2.20. The Bertz CT molecular complexity index is 494. The summed E-state index contributed by atoms with van der Waals surface area (Å²) in [6, 6.07) is 7.11. The highest BCUT2D eigenvalue weighted by atomic mass is 19.1. The minimum atomic E-state index is -0.439. The van der Waals surface area contributed by atoms with Crippen LogP contribution < -0.4 is 5.32 Å². The van der Waals surface area contributed by atoms with E-state index in [1.165, 1.54) is 19.0 Å². The Hall–Kier alpha value is -1.60. The molecule has 1 aromatic carbocycles. The molecule has 3 unspecified atom stereocenters. The van der Waals surface area contributed by atoms with Gasteiger partial charge in [0.1, 0.15) is 17.4 Å². The van der Waals surface area contributed by atoms with Crippen molar-refractivity contribution in [3.8, 4) is 6.07 Å². The first-order chi connectivity index (χ1) is 8.78. The lowest BCUT2D eigenvalue weighted by molar-refractivity contribution is 0.255. The summed E-state index contributed by atoms with van der Waals surface area (Å²) in [6.07, 6.45) is 2.28. The maximum Gasteiger partial charge on any atom is 0.143 e. The third-order valence-corrected chi connectivity index (χ3v) is 4.10. The van der Waals surface area contributed by atoms with Crippen molar-refractivity contribution in [2.45, 2.75) is 18.9 Å². The van der Waals surface area contributed by atoms with Gasteiger partial charge in [-0.3, -0.25) is 0 Å². The Morgan fingerprint density at radius 3 is 3.00 bits per heavy atom. The summed E-state index contributed by atoms with van der Waals surface area (Å²) >= 11 is 0. The van der Waals surface area contributed by atoms with Crippen LogP contribution in [0.15, 0.2) is 18.2 Å². The van der Waals surface area contributed by atoms with Crippen molar-refractivity contribution >= 4 is 5.69 Å². The molecule has 2 heterocycles. The lowest BCUT2D eigenvalue weighted by atomic mass is 9.93. The first-order valence-electron chi connectivity index (χ1n) is 6.45. The fourth-order valence-corrected chi connectivity index (χ4v) is 3.10. The lowest BCUT2D eigenvalue weighted by Crippen LogP contribution is -2.39. The summed E-state index contributed by atoms with van der Waals surface area (Å²) in [7, 11) is 0. The number of nitriles is 1. The van der Waals surface area contributed by atoms with Crippen LogP contribution in [0.1, 0.15) is 18.4 Å². The van der Waals surface area contributed by atoms with E-state index in [9.17, 15) is 4.39 Å². The van der Waals surface area contributed by atoms with Crippen molar-refractivity contribution in [1.82, 2.24) is 4.90 Å². The Balaban J connectivity index is 1.81. The van der Waals surface area contributed by atoms with E-state index >= 15 is 0 Å². The van der Waals surface area contributed by atoms with Crippen LogP contribution in [0, 0.1) is 23.1 Å². The zero-order valence-electron chi connectivity index (χ0n) is 10.2. The molecule has 2 fully saturated rings. The average molecular weight is 245 g/mol. The zero-order chi connectivity index (χ0) is 12.5. The standard InChI is InChI=1S/C14H16FN3/c15-12-2-1-3-14(11(12)8-16)17-13-5-7-18-6-4-10(13)9-18/h1-3,10,13,17H,4-7,9H2. The van der Waals surface area contributed by atoms with Gasteiger partial charge in [-0.1, -0.05) is 6.07 Å². The molecule has 2 saturated heterocycles. The Morgan fingerprint density at radius 2 is 2.17 bits per heavy atom. The minimum absolute atomic E-state index is 0.137. The molecule has 1 N–H and O–H groups in total. The molecular weight excluding hydrogens is 229 g/mol. The van der Waals surface area contributed by atoms with E-state index in [0.29, 0.717) is 17.6 Å². The van der Waals surface area contributed by atoms with Gasteiger partial charge < -0.3 is 10.2 Å². The van der Waals surface area contributed by atoms with E-state index in [2.05, 4.69) is 10.2 Å². The molecule has 94 valence electrons. The zero-order valence-corrected chi connectivity index (χ0v) is 10.2. The van der Waals surface area contributed by atoms with Gasteiger partial charge in [0.2, 0.25) is 0 Å². The molecule has 0 radical (unpaired) electrons. The van der Waals surface area contributed by atoms with Gasteiger partial charge in [0.05, 0.1) is 5.69 Å². The topological polar surface area (TPSA) is 39.1 Å². The van der Waals surface area contributed by atoms with Crippen LogP contribution in [0.4, 0.5) is 10.1 Å². The average Bonchev–Trinajstić information content (AvgIpc) is 2.76. The molecule has 2 aliphatic heterocycles. The predicted molar refractivity (Wildman–Crippen MR) is 67.7 cm³/mol. The van der Waals surface area contributed by atoms with Crippen LogP contribution in [-0.4, -0.2) is 30.6 Å². The number of piperidine rings is 1. The number of nitrogens with zero attached hydrogens (tertiary/aromatic N) is 2. The van der Waals surface area contributed by atoms with Crippen LogP contribution >= 0.6 is 0 Å². The van der Waals surface area contributed by atoms with Crippen LogP contribution in [0.2, 0.25) is 0 Å². The van der Waals surface area contributed by atoms with E-state index in [-0.39, 0.29) is 5.56 Å². The van der Waals surface area contributed by atoms with Gasteiger partial charge in [-0.15, -0.1) is 0 Å². The van der Waals surface area contributed by atoms with Crippen molar-refractivity contribution in [1.29, 1.82) is 5.26 Å². The number of anilines is 1. The molecule has 3 rings (SSSR count). The van der Waals surface area contributed by atoms with Gasteiger partial charge in [0.25, 0.3) is 0 Å². The molecule has 0 spiro atoms. The van der Waals surface area contributed by atoms with Crippen molar-refractivity contribution in [2.75, 3.05) is 25.0 Å². The molecule has 0 saturated carbocycles. The second-order valence-corrected chi connectivity index (χ2v) is 5.16. The summed E-state index contributed by atoms with van der Waals surface area (Å²) in [5.74, 6) is 0.194. The maximum absolute atomic E-state index is 13.5. The van der Waals surface area contributed by atoms with Crippen LogP contribution in [0.5, 0.6) is 0 Å². The number of fused-ring (bicyclic) bond motifs is 2. The molecule has 0 aliphatic carbocycles. The highest BCUT2D eigenvalue weighted by Gasteiger charge is 2.34. The maximum atomic E-state index is 13.5. The Kier molecular flexibility index (Phi) is 2.92. The van der Waals surface area contributed by atoms with Crippen molar-refractivity contribution in [3.63, 3.8) is 0 Å². The highest BCUT2D eigenvalue weighted by molar-refractivity contribution is 5.58. The molecule has 3 nitrogen and oxygen atoms in total. The van der Waals surface area contributed by atoms with Crippen LogP contribution in [0.25, 0.3) is 0 Å². The molecule has 2 bridgehead atoms. The second kappa shape index (κ2) is 4.58. The smallest absolute Gasteiger partial charge is 0.143 e. The molecule has 0 aromatic heterocycles. The van der Waals surface area contributed by atoms with Crippen LogP contribution in [-0.2, 0) is 0 Å². The Labute approximate surface area is 106 Å². The van der Waals surface area contributed by atoms with E-state index < -0.39 is 5.82 Å². The van der Waals surface area contributed by atoms with E-state index in [0.717, 1.165) is 19.5 Å². The molecule has 4 heteroatoms. The number of halogens is 1.